The summed E-state index contributed by atoms with van der Waals surface area (Å²) in [6, 6.07) is 20.1. The van der Waals surface area contributed by atoms with Gasteiger partial charge in [-0.1, -0.05) is 51.8 Å². The van der Waals surface area contributed by atoms with E-state index in [1.807, 2.05) is 42.5 Å². The van der Waals surface area contributed by atoms with E-state index in [0.717, 1.165) is 57.9 Å². The summed E-state index contributed by atoms with van der Waals surface area (Å²) in [6.45, 7) is 4.49. The van der Waals surface area contributed by atoms with Crippen molar-refractivity contribution in [2.24, 2.45) is 0 Å². The van der Waals surface area contributed by atoms with E-state index in [0.29, 0.717) is 6.54 Å². The van der Waals surface area contributed by atoms with Crippen molar-refractivity contribution in [3.63, 3.8) is 0 Å². The SMILES string of the molecule is OC(COc1ccc2cc(Br)ccc2c1)CN1CCN(c2ccccc2Cl)CC1. The van der Waals surface area contributed by atoms with Gasteiger partial charge < -0.3 is 14.7 Å². The fourth-order valence-corrected chi connectivity index (χ4v) is 4.34. The van der Waals surface area contributed by atoms with Crippen LogP contribution in [0.4, 0.5) is 5.69 Å². The maximum atomic E-state index is 10.4. The molecule has 152 valence electrons. The van der Waals surface area contributed by atoms with E-state index < -0.39 is 6.10 Å². The van der Waals surface area contributed by atoms with Gasteiger partial charge in [-0.25, -0.2) is 0 Å². The van der Waals surface area contributed by atoms with Gasteiger partial charge in [0.05, 0.1) is 10.7 Å². The van der Waals surface area contributed by atoms with Gasteiger partial charge in [-0.15, -0.1) is 0 Å². The lowest BCUT2D eigenvalue weighted by Crippen LogP contribution is -2.49. The highest BCUT2D eigenvalue weighted by Gasteiger charge is 2.20. The van der Waals surface area contributed by atoms with E-state index in [1.165, 1.54) is 0 Å². The minimum atomic E-state index is -0.525. The number of fused-ring (bicyclic) bond motifs is 1. The molecule has 1 N–H and O–H groups in total. The number of hydrogen-bond donors (Lipinski definition) is 1. The van der Waals surface area contributed by atoms with Crippen molar-refractivity contribution >= 4 is 44.0 Å². The van der Waals surface area contributed by atoms with E-state index >= 15 is 0 Å². The number of aliphatic hydroxyl groups excluding tert-OH is 1. The molecule has 1 saturated heterocycles. The van der Waals surface area contributed by atoms with Gasteiger partial charge in [0.2, 0.25) is 0 Å². The molecule has 1 aliphatic rings. The van der Waals surface area contributed by atoms with E-state index in [-0.39, 0.29) is 6.61 Å². The van der Waals surface area contributed by atoms with Gasteiger partial charge >= 0.3 is 0 Å². The van der Waals surface area contributed by atoms with E-state index in [4.69, 9.17) is 16.3 Å². The predicted octanol–water partition coefficient (Wildman–Crippen LogP) is 4.82. The van der Waals surface area contributed by atoms with Crippen molar-refractivity contribution in [2.75, 3.05) is 44.2 Å². The second kappa shape index (κ2) is 9.35. The molecule has 0 bridgehead atoms. The van der Waals surface area contributed by atoms with Crippen LogP contribution in [0.5, 0.6) is 5.75 Å². The maximum absolute atomic E-state index is 10.4. The molecule has 4 nitrogen and oxygen atoms in total. The van der Waals surface area contributed by atoms with Crippen LogP contribution in [0.15, 0.2) is 65.1 Å². The Balaban J connectivity index is 1.26. The lowest BCUT2D eigenvalue weighted by molar-refractivity contribution is 0.0663. The molecule has 1 aliphatic heterocycles. The molecule has 1 heterocycles. The largest absolute Gasteiger partial charge is 0.491 e. The highest BCUT2D eigenvalue weighted by molar-refractivity contribution is 9.10. The number of halogens is 2. The number of aliphatic hydroxyl groups is 1. The standard InChI is InChI=1S/C23H24BrClN2O2/c24-19-7-5-18-14-21(8-6-17(18)13-19)29-16-20(28)15-26-9-11-27(12-10-26)23-4-2-1-3-22(23)25/h1-8,13-14,20,28H,9-12,15-16H2. The number of anilines is 1. The number of benzene rings is 3. The summed E-state index contributed by atoms with van der Waals surface area (Å²) in [6.07, 6.45) is -0.525. The predicted molar refractivity (Wildman–Crippen MR) is 123 cm³/mol. The smallest absolute Gasteiger partial charge is 0.120 e. The summed E-state index contributed by atoms with van der Waals surface area (Å²) in [5, 5.41) is 13.5. The Morgan fingerprint density at radius 2 is 1.69 bits per heavy atom. The van der Waals surface area contributed by atoms with Gasteiger partial charge in [-0.05, 0) is 47.2 Å². The van der Waals surface area contributed by atoms with E-state index in [1.54, 1.807) is 0 Å². The summed E-state index contributed by atoms with van der Waals surface area (Å²) in [5.74, 6) is 0.780. The molecule has 0 saturated carbocycles. The van der Waals surface area contributed by atoms with Crippen LogP contribution in [0.25, 0.3) is 10.8 Å². The monoisotopic (exact) mass is 474 g/mol. The minimum absolute atomic E-state index is 0.284. The van der Waals surface area contributed by atoms with Crippen molar-refractivity contribution < 1.29 is 9.84 Å². The van der Waals surface area contributed by atoms with Gasteiger partial charge in [0.25, 0.3) is 0 Å². The Labute approximate surface area is 184 Å². The second-order valence-electron chi connectivity index (χ2n) is 7.36. The normalized spacial score (nSPS) is 16.2. The highest BCUT2D eigenvalue weighted by atomic mass is 79.9. The first kappa shape index (κ1) is 20.5. The molecule has 0 aliphatic carbocycles. The first-order chi connectivity index (χ1) is 14.1. The maximum Gasteiger partial charge on any atom is 0.120 e. The number of rotatable bonds is 6. The lowest BCUT2D eigenvalue weighted by atomic mass is 10.1. The highest BCUT2D eigenvalue weighted by Crippen LogP contribution is 2.26. The third kappa shape index (κ3) is 5.23. The fraction of sp³-hybridized carbons (Fsp3) is 0.304. The molecule has 0 aromatic heterocycles. The molecule has 0 radical (unpaired) electrons. The zero-order valence-electron chi connectivity index (χ0n) is 16.1. The summed E-state index contributed by atoms with van der Waals surface area (Å²) in [7, 11) is 0. The average Bonchev–Trinajstić information content (AvgIpc) is 2.73. The van der Waals surface area contributed by atoms with Crippen molar-refractivity contribution in [3.05, 3.63) is 70.2 Å². The Kier molecular flexibility index (Phi) is 6.60. The van der Waals surface area contributed by atoms with Gasteiger partial charge in [0.1, 0.15) is 18.5 Å². The van der Waals surface area contributed by atoms with E-state index in [2.05, 4.69) is 43.9 Å². The van der Waals surface area contributed by atoms with Crippen LogP contribution >= 0.6 is 27.5 Å². The van der Waals surface area contributed by atoms with Crippen molar-refractivity contribution in [2.45, 2.75) is 6.10 Å². The third-order valence-corrected chi connectivity index (χ3v) is 6.06. The quantitative estimate of drug-likeness (QED) is 0.555. The molecule has 1 fully saturated rings. The molecule has 0 amide bonds. The molecule has 6 heteroatoms. The Bertz CT molecular complexity index is 976. The molecule has 29 heavy (non-hydrogen) atoms. The number of β-amino-alcohol motifs (C(OH)–C–C–N with tert-alkyl or cyclic N) is 1. The van der Waals surface area contributed by atoms with Crippen LogP contribution < -0.4 is 9.64 Å². The Hall–Kier alpha value is -1.79. The van der Waals surface area contributed by atoms with Crippen LogP contribution in [0, 0.1) is 0 Å². The minimum Gasteiger partial charge on any atom is -0.491 e. The molecule has 1 atom stereocenters. The number of para-hydroxylation sites is 1. The topological polar surface area (TPSA) is 35.9 Å². The zero-order chi connectivity index (χ0) is 20.2. The lowest BCUT2D eigenvalue weighted by Gasteiger charge is -2.37. The third-order valence-electron chi connectivity index (χ3n) is 5.25. The number of nitrogens with zero attached hydrogens (tertiary/aromatic N) is 2. The molecule has 1 unspecified atom stereocenters. The first-order valence-electron chi connectivity index (χ1n) is 9.80. The molecule has 3 aromatic carbocycles. The number of hydrogen-bond acceptors (Lipinski definition) is 4. The number of piperazine rings is 1. The van der Waals surface area contributed by atoms with Gasteiger partial charge in [0, 0.05) is 37.2 Å². The fourth-order valence-electron chi connectivity index (χ4n) is 3.71. The zero-order valence-corrected chi connectivity index (χ0v) is 18.4. The van der Waals surface area contributed by atoms with Crippen molar-refractivity contribution in [1.82, 2.24) is 4.90 Å². The Morgan fingerprint density at radius 1 is 0.966 bits per heavy atom. The summed E-state index contributed by atoms with van der Waals surface area (Å²) in [5.41, 5.74) is 1.08. The van der Waals surface area contributed by atoms with Crippen LogP contribution in [0.1, 0.15) is 0 Å². The van der Waals surface area contributed by atoms with Crippen LogP contribution in [0.3, 0.4) is 0 Å². The molecular formula is C23H24BrClN2O2. The van der Waals surface area contributed by atoms with Gasteiger partial charge in [0.15, 0.2) is 0 Å². The average molecular weight is 476 g/mol. The summed E-state index contributed by atoms with van der Waals surface area (Å²) >= 11 is 9.80. The number of ether oxygens (including phenoxy) is 1. The molecule has 4 rings (SSSR count). The molecular weight excluding hydrogens is 452 g/mol. The summed E-state index contributed by atoms with van der Waals surface area (Å²) in [4.78, 5) is 4.58. The van der Waals surface area contributed by atoms with Crippen LogP contribution in [0.2, 0.25) is 5.02 Å². The van der Waals surface area contributed by atoms with E-state index in [9.17, 15) is 5.11 Å². The van der Waals surface area contributed by atoms with Crippen molar-refractivity contribution in [1.29, 1.82) is 0 Å². The molecule has 3 aromatic rings. The van der Waals surface area contributed by atoms with Gasteiger partial charge in [-0.2, -0.15) is 0 Å². The first-order valence-corrected chi connectivity index (χ1v) is 11.0. The Morgan fingerprint density at radius 3 is 2.48 bits per heavy atom. The molecule has 0 spiro atoms. The van der Waals surface area contributed by atoms with Crippen molar-refractivity contribution in [3.8, 4) is 5.75 Å². The summed E-state index contributed by atoms with van der Waals surface area (Å²) < 4.78 is 6.90. The van der Waals surface area contributed by atoms with Crippen LogP contribution in [-0.2, 0) is 0 Å². The van der Waals surface area contributed by atoms with Crippen LogP contribution in [-0.4, -0.2) is 55.4 Å². The second-order valence-corrected chi connectivity index (χ2v) is 8.68. The van der Waals surface area contributed by atoms with Gasteiger partial charge in [-0.3, -0.25) is 4.90 Å².